The molecule has 8 nitrogen and oxygen atoms in total. The molecule has 0 atom stereocenters. The van der Waals surface area contributed by atoms with Gasteiger partial charge in [-0.2, -0.15) is 5.10 Å². The third-order valence-corrected chi connectivity index (χ3v) is 5.48. The molecule has 0 aliphatic carbocycles. The van der Waals surface area contributed by atoms with E-state index in [1.807, 2.05) is 13.0 Å². The molecular formula is C22H18BrN3O5S. The summed E-state index contributed by atoms with van der Waals surface area (Å²) in [6.45, 7) is 1.81. The number of ether oxygens (including phenoxy) is 2. The molecule has 0 radical (unpaired) electrons. The van der Waals surface area contributed by atoms with Crippen LogP contribution in [0.1, 0.15) is 20.8 Å². The second kappa shape index (κ2) is 10.7. The van der Waals surface area contributed by atoms with Crippen LogP contribution in [0.2, 0.25) is 0 Å². The highest BCUT2D eigenvalue weighted by atomic mass is 79.9. The monoisotopic (exact) mass is 515 g/mol. The topological polar surface area (TPSA) is 106 Å². The minimum absolute atomic E-state index is 0.247. The number of nitrogens with one attached hydrogen (secondary N) is 2. The van der Waals surface area contributed by atoms with E-state index in [-0.39, 0.29) is 5.75 Å². The van der Waals surface area contributed by atoms with Crippen LogP contribution in [0.4, 0.5) is 5.69 Å². The molecule has 32 heavy (non-hydrogen) atoms. The smallest absolute Gasteiger partial charge is 0.353 e. The van der Waals surface area contributed by atoms with Gasteiger partial charge in [-0.15, -0.1) is 11.3 Å². The SMILES string of the molecule is COc1cc(C=NNC(=O)C(=O)Nc2ccc(Br)cc2C)ccc1OC(=O)c1cccs1. The van der Waals surface area contributed by atoms with Crippen molar-refractivity contribution in [1.29, 1.82) is 0 Å². The number of thiophene rings is 1. The largest absolute Gasteiger partial charge is 0.493 e. The number of hydrogen-bond acceptors (Lipinski definition) is 7. The summed E-state index contributed by atoms with van der Waals surface area (Å²) < 4.78 is 11.5. The maximum absolute atomic E-state index is 12.1. The summed E-state index contributed by atoms with van der Waals surface area (Å²) in [6, 6.07) is 13.4. The van der Waals surface area contributed by atoms with Crippen molar-refractivity contribution < 1.29 is 23.9 Å². The molecule has 0 spiro atoms. The van der Waals surface area contributed by atoms with Crippen LogP contribution in [0.15, 0.2) is 63.5 Å². The standard InChI is InChI=1S/C22H18BrN3O5S/c1-13-10-15(23)6-7-16(13)25-20(27)21(28)26-24-12-14-5-8-17(18(11-14)30-2)31-22(29)19-4-3-9-32-19/h3-12H,1-2H3,(H,25,27)(H,26,28). The molecule has 2 amide bonds. The van der Waals surface area contributed by atoms with Gasteiger partial charge < -0.3 is 14.8 Å². The van der Waals surface area contributed by atoms with E-state index in [0.717, 1.165) is 10.0 Å². The van der Waals surface area contributed by atoms with Gasteiger partial charge in [0, 0.05) is 10.2 Å². The molecule has 164 valence electrons. The van der Waals surface area contributed by atoms with Gasteiger partial charge >= 0.3 is 17.8 Å². The molecule has 0 aliphatic rings. The van der Waals surface area contributed by atoms with Crippen molar-refractivity contribution in [3.8, 4) is 11.5 Å². The quantitative estimate of drug-likeness (QED) is 0.169. The van der Waals surface area contributed by atoms with E-state index >= 15 is 0 Å². The number of halogens is 1. The second-order valence-electron chi connectivity index (χ2n) is 6.39. The van der Waals surface area contributed by atoms with Crippen LogP contribution in [0.3, 0.4) is 0 Å². The van der Waals surface area contributed by atoms with Crippen LogP contribution in [0, 0.1) is 6.92 Å². The summed E-state index contributed by atoms with van der Waals surface area (Å²) in [5.74, 6) is -1.69. The molecule has 0 saturated carbocycles. The number of hydrogen-bond donors (Lipinski definition) is 2. The predicted molar refractivity (Wildman–Crippen MR) is 126 cm³/mol. The van der Waals surface area contributed by atoms with Crippen LogP contribution in [0.25, 0.3) is 0 Å². The minimum Gasteiger partial charge on any atom is -0.493 e. The Morgan fingerprint density at radius 1 is 1.06 bits per heavy atom. The fraction of sp³-hybridized carbons (Fsp3) is 0.0909. The molecule has 0 bridgehead atoms. The maximum atomic E-state index is 12.1. The van der Waals surface area contributed by atoms with Crippen LogP contribution < -0.4 is 20.2 Å². The second-order valence-corrected chi connectivity index (χ2v) is 8.25. The number of esters is 1. The molecule has 2 aromatic carbocycles. The summed E-state index contributed by atoms with van der Waals surface area (Å²) in [6.07, 6.45) is 1.34. The molecule has 2 N–H and O–H groups in total. The highest BCUT2D eigenvalue weighted by Gasteiger charge is 2.15. The van der Waals surface area contributed by atoms with Crippen molar-refractivity contribution in [1.82, 2.24) is 5.43 Å². The Morgan fingerprint density at radius 2 is 1.88 bits per heavy atom. The Kier molecular flexibility index (Phi) is 7.74. The Balaban J connectivity index is 1.60. The van der Waals surface area contributed by atoms with Gasteiger partial charge in [-0.25, -0.2) is 10.2 Å². The van der Waals surface area contributed by atoms with Crippen LogP contribution >= 0.6 is 27.3 Å². The van der Waals surface area contributed by atoms with Gasteiger partial charge in [0.15, 0.2) is 11.5 Å². The number of carbonyl (C=O) groups excluding carboxylic acids is 3. The van der Waals surface area contributed by atoms with Crippen molar-refractivity contribution in [2.24, 2.45) is 5.10 Å². The summed E-state index contributed by atoms with van der Waals surface area (Å²) in [4.78, 5) is 36.7. The van der Waals surface area contributed by atoms with E-state index in [2.05, 4.69) is 31.8 Å². The third-order valence-electron chi connectivity index (χ3n) is 4.14. The zero-order valence-corrected chi connectivity index (χ0v) is 19.5. The summed E-state index contributed by atoms with van der Waals surface area (Å²) in [7, 11) is 1.44. The van der Waals surface area contributed by atoms with E-state index in [1.54, 1.807) is 47.8 Å². The van der Waals surface area contributed by atoms with Gasteiger partial charge in [-0.05, 0) is 65.9 Å². The summed E-state index contributed by atoms with van der Waals surface area (Å²) in [5.41, 5.74) is 4.05. The van der Waals surface area contributed by atoms with Crippen molar-refractivity contribution >= 4 is 57.0 Å². The molecular weight excluding hydrogens is 498 g/mol. The van der Waals surface area contributed by atoms with Gasteiger partial charge in [-0.3, -0.25) is 9.59 Å². The van der Waals surface area contributed by atoms with Gasteiger partial charge in [-0.1, -0.05) is 22.0 Å². The fourth-order valence-electron chi connectivity index (χ4n) is 2.56. The molecule has 3 rings (SSSR count). The van der Waals surface area contributed by atoms with Gasteiger partial charge in [0.25, 0.3) is 0 Å². The van der Waals surface area contributed by atoms with E-state index in [9.17, 15) is 14.4 Å². The van der Waals surface area contributed by atoms with E-state index < -0.39 is 17.8 Å². The average molecular weight is 516 g/mol. The lowest BCUT2D eigenvalue weighted by atomic mass is 10.2. The first-order chi connectivity index (χ1) is 15.4. The molecule has 1 heterocycles. The highest BCUT2D eigenvalue weighted by Crippen LogP contribution is 2.29. The Morgan fingerprint density at radius 3 is 2.56 bits per heavy atom. The number of benzene rings is 2. The van der Waals surface area contributed by atoms with Crippen molar-refractivity contribution in [3.63, 3.8) is 0 Å². The van der Waals surface area contributed by atoms with Crippen molar-refractivity contribution in [2.45, 2.75) is 6.92 Å². The molecule has 3 aromatic rings. The van der Waals surface area contributed by atoms with Gasteiger partial charge in [0.2, 0.25) is 0 Å². The van der Waals surface area contributed by atoms with Gasteiger partial charge in [0.05, 0.1) is 13.3 Å². The first-order valence-corrected chi connectivity index (χ1v) is 10.9. The molecule has 0 fully saturated rings. The zero-order chi connectivity index (χ0) is 23.1. The normalized spacial score (nSPS) is 10.6. The lowest BCUT2D eigenvalue weighted by Gasteiger charge is -2.09. The highest BCUT2D eigenvalue weighted by molar-refractivity contribution is 9.10. The molecule has 0 saturated heterocycles. The fourth-order valence-corrected chi connectivity index (χ4v) is 3.63. The Labute approximate surface area is 196 Å². The maximum Gasteiger partial charge on any atom is 0.353 e. The number of aryl methyl sites for hydroxylation is 1. The average Bonchev–Trinajstić information content (AvgIpc) is 3.31. The predicted octanol–water partition coefficient (Wildman–Crippen LogP) is 4.14. The van der Waals surface area contributed by atoms with E-state index in [4.69, 9.17) is 9.47 Å². The number of hydrazone groups is 1. The summed E-state index contributed by atoms with van der Waals surface area (Å²) >= 11 is 4.61. The minimum atomic E-state index is -0.919. The number of carbonyl (C=O) groups is 3. The van der Waals surface area contributed by atoms with E-state index in [0.29, 0.717) is 21.9 Å². The van der Waals surface area contributed by atoms with Crippen LogP contribution in [-0.4, -0.2) is 31.1 Å². The van der Waals surface area contributed by atoms with Crippen LogP contribution in [0.5, 0.6) is 11.5 Å². The number of rotatable bonds is 6. The molecule has 1 aromatic heterocycles. The molecule has 10 heteroatoms. The lowest BCUT2D eigenvalue weighted by Crippen LogP contribution is -2.32. The number of nitrogens with zero attached hydrogens (tertiary/aromatic N) is 1. The van der Waals surface area contributed by atoms with Gasteiger partial charge in [0.1, 0.15) is 4.88 Å². The summed E-state index contributed by atoms with van der Waals surface area (Å²) in [5, 5.41) is 8.10. The lowest BCUT2D eigenvalue weighted by molar-refractivity contribution is -0.136. The first kappa shape index (κ1) is 23.2. The number of amides is 2. The van der Waals surface area contributed by atoms with E-state index in [1.165, 1.54) is 24.7 Å². The van der Waals surface area contributed by atoms with Crippen LogP contribution in [-0.2, 0) is 9.59 Å². The first-order valence-electron chi connectivity index (χ1n) is 9.21. The molecule has 0 aliphatic heterocycles. The zero-order valence-electron chi connectivity index (χ0n) is 17.0. The Bertz CT molecular complexity index is 1180. The Hall–Kier alpha value is -3.50. The number of anilines is 1. The number of methoxy groups -OCH3 is 1. The molecule has 0 unspecified atom stereocenters. The van der Waals surface area contributed by atoms with Crippen molar-refractivity contribution in [3.05, 3.63) is 74.4 Å². The van der Waals surface area contributed by atoms with Crippen molar-refractivity contribution in [2.75, 3.05) is 12.4 Å². The third kappa shape index (κ3) is 6.02.